The van der Waals surface area contributed by atoms with Gasteiger partial charge in [0.1, 0.15) is 0 Å². The minimum absolute atomic E-state index is 0.119. The van der Waals surface area contributed by atoms with Gasteiger partial charge in [-0.2, -0.15) is 0 Å². The smallest absolute Gasteiger partial charge is 0.261 e. The minimum Gasteiger partial charge on any atom is -0.351 e. The first kappa shape index (κ1) is 15.5. The van der Waals surface area contributed by atoms with Crippen LogP contribution >= 0.6 is 11.3 Å². The van der Waals surface area contributed by atoms with Gasteiger partial charge in [-0.05, 0) is 25.0 Å². The molecule has 112 valence electrons. The summed E-state index contributed by atoms with van der Waals surface area (Å²) < 4.78 is 0. The summed E-state index contributed by atoms with van der Waals surface area (Å²) in [5.41, 5.74) is 5.30. The molecule has 0 aliphatic carbocycles. The molecule has 0 aromatic carbocycles. The number of carbonyl (C=O) groups excluding carboxylic acids is 2. The van der Waals surface area contributed by atoms with Gasteiger partial charge in [-0.3, -0.25) is 9.59 Å². The third kappa shape index (κ3) is 4.59. The Hall–Kier alpha value is -1.84. The van der Waals surface area contributed by atoms with Crippen molar-refractivity contribution in [3.05, 3.63) is 21.9 Å². The van der Waals surface area contributed by atoms with Crippen molar-refractivity contribution in [2.24, 2.45) is 5.73 Å². The molecule has 0 radical (unpaired) electrons. The van der Waals surface area contributed by atoms with Crippen molar-refractivity contribution in [2.75, 3.05) is 26.2 Å². The summed E-state index contributed by atoms with van der Waals surface area (Å²) in [5.74, 6) is 5.61. The normalized spacial score (nSPS) is 13.7. The van der Waals surface area contributed by atoms with Crippen LogP contribution in [0.15, 0.2) is 12.1 Å². The lowest BCUT2D eigenvalue weighted by Gasteiger charge is -2.14. The van der Waals surface area contributed by atoms with Crippen LogP contribution in [-0.2, 0) is 4.79 Å². The van der Waals surface area contributed by atoms with Gasteiger partial charge in [0.15, 0.2) is 0 Å². The van der Waals surface area contributed by atoms with Gasteiger partial charge in [-0.15, -0.1) is 11.3 Å². The first-order valence-corrected chi connectivity index (χ1v) is 7.87. The molecular weight excluding hydrogens is 286 g/mol. The molecule has 0 bridgehead atoms. The van der Waals surface area contributed by atoms with Crippen molar-refractivity contribution in [1.82, 2.24) is 10.2 Å². The molecule has 1 aliphatic rings. The largest absolute Gasteiger partial charge is 0.351 e. The highest BCUT2D eigenvalue weighted by Gasteiger charge is 2.17. The van der Waals surface area contributed by atoms with Crippen LogP contribution in [0.2, 0.25) is 0 Å². The third-order valence-corrected chi connectivity index (χ3v) is 4.23. The van der Waals surface area contributed by atoms with Crippen molar-refractivity contribution in [3.63, 3.8) is 0 Å². The highest BCUT2D eigenvalue weighted by molar-refractivity contribution is 7.14. The summed E-state index contributed by atoms with van der Waals surface area (Å²) in [7, 11) is 0. The molecule has 1 aromatic heterocycles. The third-order valence-electron chi connectivity index (χ3n) is 3.23. The van der Waals surface area contributed by atoms with Crippen molar-refractivity contribution >= 4 is 23.2 Å². The molecular formula is C15H19N3O2S. The highest BCUT2D eigenvalue weighted by Crippen LogP contribution is 2.15. The molecule has 2 amide bonds. The number of carbonyl (C=O) groups is 2. The van der Waals surface area contributed by atoms with Crippen LogP contribution in [0.5, 0.6) is 0 Å². The lowest BCUT2D eigenvalue weighted by atomic mass is 10.3. The predicted octanol–water partition coefficient (Wildman–Crippen LogP) is 0.801. The molecule has 6 heteroatoms. The lowest BCUT2D eigenvalue weighted by Crippen LogP contribution is -2.32. The molecule has 2 heterocycles. The van der Waals surface area contributed by atoms with Gasteiger partial charge < -0.3 is 16.0 Å². The molecule has 1 aliphatic heterocycles. The number of nitrogens with zero attached hydrogens (tertiary/aromatic N) is 1. The molecule has 1 aromatic rings. The Kier molecular flexibility index (Phi) is 5.78. The van der Waals surface area contributed by atoms with E-state index in [1.54, 1.807) is 12.1 Å². The van der Waals surface area contributed by atoms with Gasteiger partial charge in [0.25, 0.3) is 5.91 Å². The van der Waals surface area contributed by atoms with E-state index < -0.39 is 0 Å². The zero-order valence-corrected chi connectivity index (χ0v) is 12.7. The summed E-state index contributed by atoms with van der Waals surface area (Å²) in [6.07, 6.45) is 2.52. The maximum absolute atomic E-state index is 11.9. The van der Waals surface area contributed by atoms with E-state index in [9.17, 15) is 9.59 Å². The van der Waals surface area contributed by atoms with Crippen molar-refractivity contribution < 1.29 is 9.59 Å². The monoisotopic (exact) mass is 305 g/mol. The Labute approximate surface area is 128 Å². The average Bonchev–Trinajstić information content (AvgIpc) is 3.16. The Morgan fingerprint density at radius 2 is 2.10 bits per heavy atom. The van der Waals surface area contributed by atoms with Crippen molar-refractivity contribution in [2.45, 2.75) is 19.3 Å². The highest BCUT2D eigenvalue weighted by atomic mass is 32.1. The average molecular weight is 305 g/mol. The fourth-order valence-electron chi connectivity index (χ4n) is 2.16. The van der Waals surface area contributed by atoms with E-state index >= 15 is 0 Å². The molecule has 0 saturated carbocycles. The zero-order chi connectivity index (χ0) is 15.1. The minimum atomic E-state index is -0.157. The summed E-state index contributed by atoms with van der Waals surface area (Å²) in [6, 6.07) is 3.54. The SMILES string of the molecule is NCC#Cc1ccc(C(=O)NCCC(=O)N2CCCC2)s1. The van der Waals surface area contributed by atoms with Gasteiger partial charge in [0.05, 0.1) is 16.3 Å². The number of hydrogen-bond donors (Lipinski definition) is 2. The molecule has 2 rings (SSSR count). The van der Waals surface area contributed by atoms with Crippen LogP contribution in [0.4, 0.5) is 0 Å². The number of likely N-dealkylation sites (tertiary alicyclic amines) is 1. The van der Waals surface area contributed by atoms with Gasteiger partial charge in [-0.25, -0.2) is 0 Å². The van der Waals surface area contributed by atoms with E-state index in [0.29, 0.717) is 24.4 Å². The maximum atomic E-state index is 11.9. The summed E-state index contributed by atoms with van der Waals surface area (Å²) in [4.78, 5) is 27.0. The second-order valence-electron chi connectivity index (χ2n) is 4.76. The topological polar surface area (TPSA) is 75.4 Å². The van der Waals surface area contributed by atoms with E-state index in [-0.39, 0.29) is 11.8 Å². The van der Waals surface area contributed by atoms with E-state index in [1.807, 2.05) is 4.90 Å². The number of amides is 2. The standard InChI is InChI=1S/C15H19N3O2S/c16-8-3-4-12-5-6-13(21-12)15(20)17-9-7-14(19)18-10-1-2-11-18/h5-6H,1-2,7-11,16H2,(H,17,20). The molecule has 0 unspecified atom stereocenters. The Balaban J connectivity index is 1.76. The number of nitrogens with one attached hydrogen (secondary N) is 1. The van der Waals surface area contributed by atoms with Crippen molar-refractivity contribution in [3.8, 4) is 11.8 Å². The molecule has 5 nitrogen and oxygen atoms in total. The van der Waals surface area contributed by atoms with Crippen LogP contribution in [-0.4, -0.2) is 42.9 Å². The molecule has 21 heavy (non-hydrogen) atoms. The lowest BCUT2D eigenvalue weighted by molar-refractivity contribution is -0.129. The van der Waals surface area contributed by atoms with Gasteiger partial charge in [0.2, 0.25) is 5.91 Å². The maximum Gasteiger partial charge on any atom is 0.261 e. The van der Waals surface area contributed by atoms with Gasteiger partial charge in [0, 0.05) is 26.1 Å². The van der Waals surface area contributed by atoms with E-state index in [0.717, 1.165) is 30.8 Å². The molecule has 0 spiro atoms. The molecule has 3 N–H and O–H groups in total. The number of rotatable bonds is 4. The second kappa shape index (κ2) is 7.81. The second-order valence-corrected chi connectivity index (χ2v) is 5.85. The van der Waals surface area contributed by atoms with Gasteiger partial charge in [-0.1, -0.05) is 11.8 Å². The first-order chi connectivity index (χ1) is 10.2. The molecule has 1 saturated heterocycles. The number of hydrogen-bond acceptors (Lipinski definition) is 4. The van der Waals surface area contributed by atoms with Crippen LogP contribution in [0.3, 0.4) is 0 Å². The van der Waals surface area contributed by atoms with Crippen molar-refractivity contribution in [1.29, 1.82) is 0 Å². The summed E-state index contributed by atoms with van der Waals surface area (Å²) >= 11 is 1.33. The van der Waals surface area contributed by atoms with Crippen LogP contribution in [0, 0.1) is 11.8 Å². The molecule has 1 fully saturated rings. The Bertz CT molecular complexity index is 565. The summed E-state index contributed by atoms with van der Waals surface area (Å²) in [5, 5.41) is 2.77. The zero-order valence-electron chi connectivity index (χ0n) is 11.9. The summed E-state index contributed by atoms with van der Waals surface area (Å²) in [6.45, 7) is 2.37. The van der Waals surface area contributed by atoms with Crippen LogP contribution in [0.1, 0.15) is 33.8 Å². The fraction of sp³-hybridized carbons (Fsp3) is 0.467. The Morgan fingerprint density at radius 3 is 2.81 bits per heavy atom. The first-order valence-electron chi connectivity index (χ1n) is 7.05. The van der Waals surface area contributed by atoms with E-state index in [1.165, 1.54) is 11.3 Å². The van der Waals surface area contributed by atoms with E-state index in [4.69, 9.17) is 5.73 Å². The van der Waals surface area contributed by atoms with Crippen LogP contribution < -0.4 is 11.1 Å². The van der Waals surface area contributed by atoms with Crippen LogP contribution in [0.25, 0.3) is 0 Å². The van der Waals surface area contributed by atoms with Gasteiger partial charge >= 0.3 is 0 Å². The predicted molar refractivity (Wildman–Crippen MR) is 83.0 cm³/mol. The quantitative estimate of drug-likeness (QED) is 0.808. The Morgan fingerprint density at radius 1 is 1.33 bits per heavy atom. The number of thiophene rings is 1. The molecule has 0 atom stereocenters. The number of nitrogens with two attached hydrogens (primary N) is 1. The fourth-order valence-corrected chi connectivity index (χ4v) is 2.96. The van der Waals surface area contributed by atoms with E-state index in [2.05, 4.69) is 17.2 Å².